The molecule has 0 aliphatic rings. The van der Waals surface area contributed by atoms with Gasteiger partial charge in [0.15, 0.2) is 5.78 Å². The van der Waals surface area contributed by atoms with Crippen LogP contribution in [0.25, 0.3) is 0 Å². The first-order valence-electron chi connectivity index (χ1n) is 5.56. The molecule has 100 valence electrons. The van der Waals surface area contributed by atoms with Gasteiger partial charge in [-0.05, 0) is 25.1 Å². The van der Waals surface area contributed by atoms with Gasteiger partial charge in [0.25, 0.3) is 0 Å². The monoisotopic (exact) mass is 316 g/mol. The molecule has 2 aromatic rings. The van der Waals surface area contributed by atoms with Gasteiger partial charge in [-0.15, -0.1) is 0 Å². The van der Waals surface area contributed by atoms with Crippen LogP contribution < -0.4 is 0 Å². The van der Waals surface area contributed by atoms with Gasteiger partial charge < -0.3 is 0 Å². The van der Waals surface area contributed by atoms with Gasteiger partial charge in [-0.3, -0.25) is 9.48 Å². The van der Waals surface area contributed by atoms with E-state index in [1.807, 2.05) is 0 Å². The summed E-state index contributed by atoms with van der Waals surface area (Å²) in [5.41, 5.74) is 1.81. The van der Waals surface area contributed by atoms with Crippen LogP contribution in [0.2, 0.25) is 15.1 Å². The van der Waals surface area contributed by atoms with Crippen LogP contribution in [-0.4, -0.2) is 15.6 Å². The molecular formula is C13H11Cl3N2O. The van der Waals surface area contributed by atoms with Crippen molar-refractivity contribution in [3.05, 3.63) is 50.2 Å². The second-order valence-corrected chi connectivity index (χ2v) is 5.42. The van der Waals surface area contributed by atoms with Crippen LogP contribution in [0, 0.1) is 6.92 Å². The van der Waals surface area contributed by atoms with Crippen molar-refractivity contribution in [2.75, 3.05) is 0 Å². The Morgan fingerprint density at radius 3 is 2.53 bits per heavy atom. The van der Waals surface area contributed by atoms with E-state index >= 15 is 0 Å². The molecule has 3 nitrogen and oxygen atoms in total. The molecule has 0 radical (unpaired) electrons. The van der Waals surface area contributed by atoms with Crippen molar-refractivity contribution in [3.8, 4) is 0 Å². The lowest BCUT2D eigenvalue weighted by molar-refractivity contribution is 0.0991. The zero-order chi connectivity index (χ0) is 14.2. The summed E-state index contributed by atoms with van der Waals surface area (Å²) in [6, 6.07) is 4.80. The number of aryl methyl sites for hydroxylation is 2. The van der Waals surface area contributed by atoms with E-state index in [-0.39, 0.29) is 12.2 Å². The van der Waals surface area contributed by atoms with E-state index in [1.54, 1.807) is 36.9 Å². The van der Waals surface area contributed by atoms with E-state index in [4.69, 9.17) is 34.8 Å². The van der Waals surface area contributed by atoms with Gasteiger partial charge in [0.2, 0.25) is 0 Å². The SMILES string of the molecule is Cc1nn(C)c(CC(=O)c2ccc(Cl)cc2Cl)c1Cl. The molecule has 0 amide bonds. The number of Topliss-reactive ketones (excluding diaryl/α,β-unsaturated/α-hetero) is 1. The number of rotatable bonds is 3. The molecule has 0 aliphatic heterocycles. The highest BCUT2D eigenvalue weighted by atomic mass is 35.5. The molecule has 19 heavy (non-hydrogen) atoms. The molecule has 0 aliphatic carbocycles. The van der Waals surface area contributed by atoms with Crippen LogP contribution in [0.4, 0.5) is 0 Å². The molecule has 0 saturated heterocycles. The number of hydrogen-bond acceptors (Lipinski definition) is 2. The molecule has 0 saturated carbocycles. The molecule has 1 heterocycles. The van der Waals surface area contributed by atoms with Crippen LogP contribution in [-0.2, 0) is 13.5 Å². The fourth-order valence-electron chi connectivity index (χ4n) is 1.84. The average molecular weight is 318 g/mol. The summed E-state index contributed by atoms with van der Waals surface area (Å²) < 4.78 is 1.61. The van der Waals surface area contributed by atoms with Crippen LogP contribution >= 0.6 is 34.8 Å². The topological polar surface area (TPSA) is 34.9 Å². The van der Waals surface area contributed by atoms with Crippen molar-refractivity contribution in [1.29, 1.82) is 0 Å². The predicted octanol–water partition coefficient (Wildman–Crippen LogP) is 4.11. The number of carbonyl (C=O) groups excluding carboxylic acids is 1. The Morgan fingerprint density at radius 2 is 2.00 bits per heavy atom. The number of benzene rings is 1. The highest BCUT2D eigenvalue weighted by Crippen LogP contribution is 2.25. The van der Waals surface area contributed by atoms with Crippen molar-refractivity contribution in [2.24, 2.45) is 7.05 Å². The van der Waals surface area contributed by atoms with Crippen molar-refractivity contribution in [2.45, 2.75) is 13.3 Å². The van der Waals surface area contributed by atoms with Gasteiger partial charge in [0, 0.05) is 17.6 Å². The number of aromatic nitrogens is 2. The lowest BCUT2D eigenvalue weighted by Gasteiger charge is -2.05. The summed E-state index contributed by atoms with van der Waals surface area (Å²) >= 11 is 17.9. The summed E-state index contributed by atoms with van der Waals surface area (Å²) in [4.78, 5) is 12.2. The van der Waals surface area contributed by atoms with Crippen LogP contribution in [0.5, 0.6) is 0 Å². The second-order valence-electron chi connectivity index (χ2n) is 4.19. The molecular weight excluding hydrogens is 307 g/mol. The third-order valence-corrected chi connectivity index (χ3v) is 3.86. The van der Waals surface area contributed by atoms with Gasteiger partial charge in [-0.1, -0.05) is 34.8 Å². The van der Waals surface area contributed by atoms with E-state index in [0.717, 1.165) is 0 Å². The lowest BCUT2D eigenvalue weighted by atomic mass is 10.1. The Hall–Kier alpha value is -1.03. The fraction of sp³-hybridized carbons (Fsp3) is 0.231. The molecule has 0 bridgehead atoms. The minimum Gasteiger partial charge on any atom is -0.294 e. The van der Waals surface area contributed by atoms with Gasteiger partial charge in [-0.25, -0.2) is 0 Å². The summed E-state index contributed by atoms with van der Waals surface area (Å²) in [6.07, 6.45) is 0.150. The van der Waals surface area contributed by atoms with Gasteiger partial charge >= 0.3 is 0 Å². The van der Waals surface area contributed by atoms with Crippen molar-refractivity contribution >= 4 is 40.6 Å². The van der Waals surface area contributed by atoms with Gasteiger partial charge in [0.1, 0.15) is 0 Å². The third-order valence-electron chi connectivity index (χ3n) is 2.82. The Morgan fingerprint density at radius 1 is 1.32 bits per heavy atom. The maximum atomic E-state index is 12.2. The van der Waals surface area contributed by atoms with E-state index in [1.165, 1.54) is 0 Å². The smallest absolute Gasteiger partial charge is 0.170 e. The molecule has 2 rings (SSSR count). The fourth-order valence-corrected chi connectivity index (χ4v) is 2.58. The molecule has 0 spiro atoms. The maximum absolute atomic E-state index is 12.2. The Balaban J connectivity index is 2.31. The highest BCUT2D eigenvalue weighted by molar-refractivity contribution is 6.37. The van der Waals surface area contributed by atoms with Crippen molar-refractivity contribution in [1.82, 2.24) is 9.78 Å². The standard InChI is InChI=1S/C13H11Cl3N2O/c1-7-13(16)11(18(2)17-7)6-12(19)9-4-3-8(14)5-10(9)15/h3-5H,6H2,1-2H3. The lowest BCUT2D eigenvalue weighted by Crippen LogP contribution is -2.08. The molecule has 1 aromatic carbocycles. The molecule has 6 heteroatoms. The van der Waals surface area contributed by atoms with E-state index in [9.17, 15) is 4.79 Å². The predicted molar refractivity (Wildman–Crippen MR) is 77.5 cm³/mol. The largest absolute Gasteiger partial charge is 0.294 e. The number of halogens is 3. The Kier molecular flexibility index (Phi) is 4.19. The van der Waals surface area contributed by atoms with E-state index in [2.05, 4.69) is 5.10 Å². The van der Waals surface area contributed by atoms with Crippen LogP contribution in [0.1, 0.15) is 21.7 Å². The zero-order valence-corrected chi connectivity index (χ0v) is 12.6. The van der Waals surface area contributed by atoms with Crippen molar-refractivity contribution in [3.63, 3.8) is 0 Å². The van der Waals surface area contributed by atoms with Gasteiger partial charge in [-0.2, -0.15) is 5.10 Å². The summed E-state index contributed by atoms with van der Waals surface area (Å²) in [6.45, 7) is 1.80. The first-order valence-corrected chi connectivity index (χ1v) is 6.69. The van der Waals surface area contributed by atoms with Crippen molar-refractivity contribution < 1.29 is 4.79 Å². The second kappa shape index (κ2) is 5.53. The zero-order valence-electron chi connectivity index (χ0n) is 10.4. The summed E-state index contributed by atoms with van der Waals surface area (Å²) in [7, 11) is 1.75. The molecule has 1 aromatic heterocycles. The Bertz CT molecular complexity index is 650. The minimum atomic E-state index is -0.119. The molecule has 0 atom stereocenters. The normalized spacial score (nSPS) is 10.8. The van der Waals surface area contributed by atoms with Crippen LogP contribution in [0.15, 0.2) is 18.2 Å². The average Bonchev–Trinajstić information content (AvgIpc) is 2.56. The van der Waals surface area contributed by atoms with E-state index in [0.29, 0.717) is 32.0 Å². The number of nitrogens with zero attached hydrogens (tertiary/aromatic N) is 2. The number of hydrogen-bond donors (Lipinski definition) is 0. The minimum absolute atomic E-state index is 0.119. The first-order chi connectivity index (χ1) is 8.90. The highest BCUT2D eigenvalue weighted by Gasteiger charge is 2.17. The first kappa shape index (κ1) is 14.4. The quantitative estimate of drug-likeness (QED) is 0.798. The van der Waals surface area contributed by atoms with Gasteiger partial charge in [0.05, 0.1) is 27.9 Å². The molecule has 0 unspecified atom stereocenters. The van der Waals surface area contributed by atoms with E-state index < -0.39 is 0 Å². The Labute approximate surface area is 126 Å². The van der Waals surface area contributed by atoms with Crippen LogP contribution in [0.3, 0.4) is 0 Å². The molecule has 0 fully saturated rings. The summed E-state index contributed by atoms with van der Waals surface area (Å²) in [5, 5.41) is 5.52. The summed E-state index contributed by atoms with van der Waals surface area (Å²) in [5.74, 6) is -0.119. The number of carbonyl (C=O) groups is 1. The molecule has 0 N–H and O–H groups in total. The number of ketones is 1. The third kappa shape index (κ3) is 2.94. The maximum Gasteiger partial charge on any atom is 0.170 e.